The van der Waals surface area contributed by atoms with E-state index < -0.39 is 0 Å². The third-order valence-electron chi connectivity index (χ3n) is 1.61. The van der Waals surface area contributed by atoms with Crippen molar-refractivity contribution in [3.05, 3.63) is 0 Å². The minimum atomic E-state index is -0.290. The first-order valence-electron chi connectivity index (χ1n) is 4.25. The molecule has 0 saturated heterocycles. The molecule has 0 aliphatic rings. The predicted octanol–water partition coefficient (Wildman–Crippen LogP) is -0.171. The number of likely N-dealkylation sites (N-methyl/N-ethyl adjacent to an activating group) is 1. The Morgan fingerprint density at radius 2 is 2.38 bits per heavy atom. The lowest BCUT2D eigenvalue weighted by molar-refractivity contribution is -0.119. The van der Waals surface area contributed by atoms with Crippen molar-refractivity contribution in [2.24, 2.45) is 5.73 Å². The number of primary amides is 1. The molecule has 0 bridgehead atoms. The number of amides is 1. The van der Waals surface area contributed by atoms with Crippen molar-refractivity contribution in [1.82, 2.24) is 5.32 Å². The zero-order valence-electron chi connectivity index (χ0n) is 8.21. The van der Waals surface area contributed by atoms with Crippen LogP contribution in [0.4, 0.5) is 0 Å². The number of hydrogen-bond donors (Lipinski definition) is 2. The number of carbonyl (C=O) groups is 1. The number of carbonyl (C=O) groups excluding carboxylic acids is 1. The topological polar surface area (TPSA) is 64.3 Å². The van der Waals surface area contributed by atoms with Crippen LogP contribution < -0.4 is 11.1 Å². The number of nitrogens with two attached hydrogens (primary N) is 1. The lowest BCUT2D eigenvalue weighted by Crippen LogP contribution is -2.41. The molecule has 0 fully saturated rings. The molecule has 1 amide bonds. The summed E-state index contributed by atoms with van der Waals surface area (Å²) in [6, 6.07) is -0.215. The van der Waals surface area contributed by atoms with E-state index >= 15 is 0 Å². The monoisotopic (exact) mass is 206 g/mol. The Kier molecular flexibility index (Phi) is 8.18. The van der Waals surface area contributed by atoms with Crippen molar-refractivity contribution in [1.29, 1.82) is 0 Å². The Morgan fingerprint density at radius 1 is 1.69 bits per heavy atom. The molecule has 5 heteroatoms. The molecule has 78 valence electrons. The second-order valence-electron chi connectivity index (χ2n) is 2.66. The molecule has 0 aromatic rings. The molecule has 0 radical (unpaired) electrons. The molecule has 0 rings (SSSR count). The van der Waals surface area contributed by atoms with Crippen molar-refractivity contribution in [3.63, 3.8) is 0 Å². The van der Waals surface area contributed by atoms with Crippen LogP contribution >= 0.6 is 11.8 Å². The highest BCUT2D eigenvalue weighted by Gasteiger charge is 2.11. The minimum Gasteiger partial charge on any atom is -0.385 e. The van der Waals surface area contributed by atoms with Crippen molar-refractivity contribution >= 4 is 17.7 Å². The van der Waals surface area contributed by atoms with Gasteiger partial charge in [-0.15, -0.1) is 0 Å². The van der Waals surface area contributed by atoms with Crippen LogP contribution in [0.1, 0.15) is 6.42 Å². The summed E-state index contributed by atoms with van der Waals surface area (Å²) >= 11 is 1.71. The molecule has 0 aliphatic heterocycles. The molecular formula is C8H18N2O2S. The SMILES string of the molecule is CNC(CSCCCOC)C(N)=O. The van der Waals surface area contributed by atoms with E-state index in [4.69, 9.17) is 10.5 Å². The van der Waals surface area contributed by atoms with Crippen LogP contribution in [0.5, 0.6) is 0 Å². The van der Waals surface area contributed by atoms with Crippen LogP contribution in [0.25, 0.3) is 0 Å². The van der Waals surface area contributed by atoms with Crippen LogP contribution in [0.2, 0.25) is 0 Å². The second kappa shape index (κ2) is 8.34. The first-order valence-corrected chi connectivity index (χ1v) is 5.41. The Labute approximate surface area is 83.6 Å². The summed E-state index contributed by atoms with van der Waals surface area (Å²) in [7, 11) is 3.43. The van der Waals surface area contributed by atoms with E-state index in [1.165, 1.54) is 0 Å². The molecule has 0 heterocycles. The van der Waals surface area contributed by atoms with Crippen molar-refractivity contribution in [3.8, 4) is 0 Å². The Morgan fingerprint density at radius 3 is 2.85 bits per heavy atom. The van der Waals surface area contributed by atoms with Crippen molar-refractivity contribution in [2.75, 3.05) is 32.3 Å². The van der Waals surface area contributed by atoms with E-state index in [2.05, 4.69) is 5.32 Å². The molecule has 1 atom stereocenters. The molecule has 0 saturated carbocycles. The first-order chi connectivity index (χ1) is 6.22. The number of rotatable bonds is 8. The smallest absolute Gasteiger partial charge is 0.235 e. The van der Waals surface area contributed by atoms with Gasteiger partial charge in [0.15, 0.2) is 0 Å². The molecule has 3 N–H and O–H groups in total. The molecule has 0 aromatic heterocycles. The van der Waals surface area contributed by atoms with E-state index in [9.17, 15) is 4.79 Å². The molecule has 4 nitrogen and oxygen atoms in total. The van der Waals surface area contributed by atoms with E-state index in [1.54, 1.807) is 25.9 Å². The van der Waals surface area contributed by atoms with Gasteiger partial charge in [0.25, 0.3) is 0 Å². The lowest BCUT2D eigenvalue weighted by atomic mass is 10.3. The molecule has 0 spiro atoms. The summed E-state index contributed by atoms with van der Waals surface area (Å²) in [5.74, 6) is 1.44. The summed E-state index contributed by atoms with van der Waals surface area (Å²) in [6.45, 7) is 0.772. The summed E-state index contributed by atoms with van der Waals surface area (Å²) in [4.78, 5) is 10.8. The quantitative estimate of drug-likeness (QED) is 0.541. The highest BCUT2D eigenvalue weighted by atomic mass is 32.2. The fourth-order valence-electron chi connectivity index (χ4n) is 0.814. The van der Waals surface area contributed by atoms with Gasteiger partial charge >= 0.3 is 0 Å². The summed E-state index contributed by atoms with van der Waals surface area (Å²) in [5.41, 5.74) is 5.15. The summed E-state index contributed by atoms with van der Waals surface area (Å²) < 4.78 is 4.90. The molecule has 0 aromatic carbocycles. The number of methoxy groups -OCH3 is 1. The van der Waals surface area contributed by atoms with Gasteiger partial charge in [-0.05, 0) is 19.2 Å². The maximum absolute atomic E-state index is 10.8. The second-order valence-corrected chi connectivity index (χ2v) is 3.81. The minimum absolute atomic E-state index is 0.215. The standard InChI is InChI=1S/C8H18N2O2S/c1-10-7(8(9)11)6-13-5-3-4-12-2/h7,10H,3-6H2,1-2H3,(H2,9,11). The van der Waals surface area contributed by atoms with Gasteiger partial charge in [0, 0.05) is 19.5 Å². The number of hydrogen-bond acceptors (Lipinski definition) is 4. The maximum atomic E-state index is 10.8. The zero-order valence-corrected chi connectivity index (χ0v) is 9.02. The van der Waals surface area contributed by atoms with Gasteiger partial charge in [-0.2, -0.15) is 11.8 Å². The van der Waals surface area contributed by atoms with E-state index in [-0.39, 0.29) is 11.9 Å². The van der Waals surface area contributed by atoms with Crippen molar-refractivity contribution in [2.45, 2.75) is 12.5 Å². The molecular weight excluding hydrogens is 188 g/mol. The highest BCUT2D eigenvalue weighted by molar-refractivity contribution is 7.99. The van der Waals surface area contributed by atoms with Gasteiger partial charge in [0.2, 0.25) is 5.91 Å². The van der Waals surface area contributed by atoms with Crippen LogP contribution in [-0.4, -0.2) is 44.2 Å². The van der Waals surface area contributed by atoms with Gasteiger partial charge in [0.1, 0.15) is 0 Å². The average molecular weight is 206 g/mol. The van der Waals surface area contributed by atoms with E-state index in [0.717, 1.165) is 24.5 Å². The van der Waals surface area contributed by atoms with Gasteiger partial charge in [-0.3, -0.25) is 4.79 Å². The Balaban J connectivity index is 3.33. The average Bonchev–Trinajstić information content (AvgIpc) is 2.10. The van der Waals surface area contributed by atoms with E-state index in [0.29, 0.717) is 0 Å². The largest absolute Gasteiger partial charge is 0.385 e. The summed E-state index contributed by atoms with van der Waals surface area (Å²) in [5, 5.41) is 2.87. The van der Waals surface area contributed by atoms with Gasteiger partial charge in [0.05, 0.1) is 6.04 Å². The van der Waals surface area contributed by atoms with E-state index in [1.807, 2.05) is 0 Å². The van der Waals surface area contributed by atoms with Crippen LogP contribution in [0, 0.1) is 0 Å². The third-order valence-corrected chi connectivity index (χ3v) is 2.76. The fraction of sp³-hybridized carbons (Fsp3) is 0.875. The van der Waals surface area contributed by atoms with Gasteiger partial charge in [-0.1, -0.05) is 0 Å². The fourth-order valence-corrected chi connectivity index (χ4v) is 1.87. The third kappa shape index (κ3) is 6.86. The maximum Gasteiger partial charge on any atom is 0.235 e. The molecule has 1 unspecified atom stereocenters. The molecule has 13 heavy (non-hydrogen) atoms. The Hall–Kier alpha value is -0.260. The lowest BCUT2D eigenvalue weighted by Gasteiger charge is -2.10. The van der Waals surface area contributed by atoms with Crippen LogP contribution in [0.15, 0.2) is 0 Å². The van der Waals surface area contributed by atoms with Gasteiger partial charge < -0.3 is 15.8 Å². The normalized spacial score (nSPS) is 12.8. The number of ether oxygens (including phenoxy) is 1. The van der Waals surface area contributed by atoms with Crippen LogP contribution in [-0.2, 0) is 9.53 Å². The number of nitrogens with one attached hydrogen (secondary N) is 1. The summed E-state index contributed by atoms with van der Waals surface area (Å²) in [6.07, 6.45) is 1.01. The Bertz CT molecular complexity index is 144. The van der Waals surface area contributed by atoms with Crippen molar-refractivity contribution < 1.29 is 9.53 Å². The predicted molar refractivity (Wildman–Crippen MR) is 55.9 cm³/mol. The zero-order chi connectivity index (χ0) is 10.1. The first kappa shape index (κ1) is 12.7. The number of thioether (sulfide) groups is 1. The molecule has 0 aliphatic carbocycles. The van der Waals surface area contributed by atoms with Gasteiger partial charge in [-0.25, -0.2) is 0 Å². The van der Waals surface area contributed by atoms with Crippen LogP contribution in [0.3, 0.4) is 0 Å². The highest BCUT2D eigenvalue weighted by Crippen LogP contribution is 2.04.